The Labute approximate surface area is 85.5 Å². The normalized spacial score (nSPS) is 21.6. The number of benzene rings is 1. The van der Waals surface area contributed by atoms with E-state index in [4.69, 9.17) is 0 Å². The van der Waals surface area contributed by atoms with Crippen molar-refractivity contribution in [1.82, 2.24) is 5.32 Å². The number of carbonyl (C=O) groups is 1. The lowest BCUT2D eigenvalue weighted by molar-refractivity contribution is -0.120. The summed E-state index contributed by atoms with van der Waals surface area (Å²) in [7, 11) is 0. The van der Waals surface area contributed by atoms with Gasteiger partial charge in [-0.2, -0.15) is 0 Å². The summed E-state index contributed by atoms with van der Waals surface area (Å²) in [5, 5.41) is 2.83. The molecule has 0 radical (unpaired) electrons. The number of nitrogens with one attached hydrogen (secondary N) is 1. The van der Waals surface area contributed by atoms with Crippen molar-refractivity contribution in [2.75, 3.05) is 6.54 Å². The molecular formula is C10H10BrNO. The lowest BCUT2D eigenvalue weighted by atomic mass is 9.98. The predicted octanol–water partition coefficient (Wildman–Crippen LogP) is 2.05. The molecule has 3 heteroatoms. The van der Waals surface area contributed by atoms with Gasteiger partial charge in [0.1, 0.15) is 0 Å². The first-order chi connectivity index (χ1) is 6.27. The molecule has 0 bridgehead atoms. The van der Waals surface area contributed by atoms with Gasteiger partial charge in [-0.15, -0.1) is 0 Å². The van der Waals surface area contributed by atoms with Crippen LogP contribution < -0.4 is 5.32 Å². The van der Waals surface area contributed by atoms with Gasteiger partial charge in [0.25, 0.3) is 0 Å². The monoisotopic (exact) mass is 239 g/mol. The summed E-state index contributed by atoms with van der Waals surface area (Å²) in [6.07, 6.45) is 0.912. The van der Waals surface area contributed by atoms with Gasteiger partial charge in [0, 0.05) is 11.0 Å². The average Bonchev–Trinajstić information content (AvgIpc) is 2.51. The Balaban J connectivity index is 2.29. The highest BCUT2D eigenvalue weighted by Gasteiger charge is 2.25. The van der Waals surface area contributed by atoms with Crippen LogP contribution in [0.25, 0.3) is 0 Å². The van der Waals surface area contributed by atoms with Crippen LogP contribution in [-0.2, 0) is 4.79 Å². The standard InChI is InChI=1S/C10H10BrNO/c11-8-3-1-2-7(6-8)9-4-5-12-10(9)13/h1-3,6,9H,4-5H2,(H,12,13)/t9-/m1/s1. The van der Waals surface area contributed by atoms with Crippen LogP contribution in [0.1, 0.15) is 17.9 Å². The summed E-state index contributed by atoms with van der Waals surface area (Å²) in [5.41, 5.74) is 1.10. The largest absolute Gasteiger partial charge is 0.356 e. The van der Waals surface area contributed by atoms with Gasteiger partial charge in [0.2, 0.25) is 5.91 Å². The van der Waals surface area contributed by atoms with Gasteiger partial charge in [-0.05, 0) is 24.1 Å². The van der Waals surface area contributed by atoms with Crippen molar-refractivity contribution in [3.8, 4) is 0 Å². The molecule has 1 amide bonds. The zero-order valence-electron chi connectivity index (χ0n) is 7.09. The average molecular weight is 240 g/mol. The van der Waals surface area contributed by atoms with Crippen molar-refractivity contribution in [3.63, 3.8) is 0 Å². The summed E-state index contributed by atoms with van der Waals surface area (Å²) < 4.78 is 1.03. The Bertz CT molecular complexity index is 337. The molecule has 0 aliphatic carbocycles. The maximum absolute atomic E-state index is 11.4. The third-order valence-corrected chi connectivity index (χ3v) is 2.79. The van der Waals surface area contributed by atoms with Gasteiger partial charge < -0.3 is 5.32 Å². The van der Waals surface area contributed by atoms with Crippen LogP contribution in [0, 0.1) is 0 Å². The fourth-order valence-corrected chi connectivity index (χ4v) is 2.05. The molecular weight excluding hydrogens is 230 g/mol. The predicted molar refractivity (Wildman–Crippen MR) is 54.5 cm³/mol. The van der Waals surface area contributed by atoms with E-state index in [2.05, 4.69) is 21.2 Å². The maximum atomic E-state index is 11.4. The summed E-state index contributed by atoms with van der Waals surface area (Å²) in [6, 6.07) is 7.94. The van der Waals surface area contributed by atoms with Crippen LogP contribution >= 0.6 is 15.9 Å². The zero-order valence-corrected chi connectivity index (χ0v) is 8.67. The first-order valence-corrected chi connectivity index (χ1v) is 5.10. The van der Waals surface area contributed by atoms with E-state index in [9.17, 15) is 4.79 Å². The Hall–Kier alpha value is -0.830. The molecule has 0 spiro atoms. The fraction of sp³-hybridized carbons (Fsp3) is 0.300. The highest BCUT2D eigenvalue weighted by Crippen LogP contribution is 2.25. The number of hydrogen-bond acceptors (Lipinski definition) is 1. The van der Waals surface area contributed by atoms with Crippen LogP contribution in [0.5, 0.6) is 0 Å². The molecule has 1 aromatic carbocycles. The van der Waals surface area contributed by atoms with E-state index >= 15 is 0 Å². The number of halogens is 1. The summed E-state index contributed by atoms with van der Waals surface area (Å²) in [5.74, 6) is 0.204. The first-order valence-electron chi connectivity index (χ1n) is 4.30. The fourth-order valence-electron chi connectivity index (χ4n) is 1.64. The first kappa shape index (κ1) is 8.75. The Morgan fingerprint density at radius 1 is 1.46 bits per heavy atom. The quantitative estimate of drug-likeness (QED) is 0.799. The van der Waals surface area contributed by atoms with Crippen LogP contribution in [-0.4, -0.2) is 12.5 Å². The molecule has 2 nitrogen and oxygen atoms in total. The van der Waals surface area contributed by atoms with Crippen molar-refractivity contribution >= 4 is 21.8 Å². The molecule has 1 aliphatic heterocycles. The van der Waals surface area contributed by atoms with Crippen LogP contribution in [0.2, 0.25) is 0 Å². The summed E-state index contributed by atoms with van der Waals surface area (Å²) >= 11 is 3.40. The van der Waals surface area contributed by atoms with Crippen molar-refractivity contribution < 1.29 is 4.79 Å². The topological polar surface area (TPSA) is 29.1 Å². The van der Waals surface area contributed by atoms with Crippen LogP contribution in [0.4, 0.5) is 0 Å². The highest BCUT2D eigenvalue weighted by atomic mass is 79.9. The lowest BCUT2D eigenvalue weighted by Crippen LogP contribution is -2.17. The van der Waals surface area contributed by atoms with Crippen molar-refractivity contribution in [3.05, 3.63) is 34.3 Å². The van der Waals surface area contributed by atoms with Gasteiger partial charge in [-0.25, -0.2) is 0 Å². The molecule has 1 fully saturated rings. The number of rotatable bonds is 1. The van der Waals surface area contributed by atoms with E-state index < -0.39 is 0 Å². The number of amides is 1. The van der Waals surface area contributed by atoms with Gasteiger partial charge in [-0.3, -0.25) is 4.79 Å². The molecule has 2 rings (SSSR count). The molecule has 0 aromatic heterocycles. The Morgan fingerprint density at radius 2 is 2.31 bits per heavy atom. The second-order valence-corrected chi connectivity index (χ2v) is 4.10. The molecule has 1 aliphatic rings. The molecule has 0 unspecified atom stereocenters. The molecule has 1 atom stereocenters. The third kappa shape index (κ3) is 1.75. The van der Waals surface area contributed by atoms with Gasteiger partial charge in [0.15, 0.2) is 0 Å². The minimum absolute atomic E-state index is 0.0532. The Kier molecular flexibility index (Phi) is 2.36. The number of hydrogen-bond donors (Lipinski definition) is 1. The number of carbonyl (C=O) groups excluding carboxylic acids is 1. The molecule has 0 saturated carbocycles. The maximum Gasteiger partial charge on any atom is 0.227 e. The van der Waals surface area contributed by atoms with E-state index in [1.54, 1.807) is 0 Å². The molecule has 1 saturated heterocycles. The van der Waals surface area contributed by atoms with Crippen LogP contribution in [0.3, 0.4) is 0 Å². The summed E-state index contributed by atoms with van der Waals surface area (Å²) in [4.78, 5) is 11.4. The Morgan fingerprint density at radius 3 is 2.92 bits per heavy atom. The van der Waals surface area contributed by atoms with Crippen LogP contribution in [0.15, 0.2) is 28.7 Å². The van der Waals surface area contributed by atoms with Crippen molar-refractivity contribution in [1.29, 1.82) is 0 Å². The molecule has 1 aromatic rings. The smallest absolute Gasteiger partial charge is 0.227 e. The molecule has 1 heterocycles. The molecule has 1 N–H and O–H groups in total. The van der Waals surface area contributed by atoms with Crippen molar-refractivity contribution in [2.45, 2.75) is 12.3 Å². The highest BCUT2D eigenvalue weighted by molar-refractivity contribution is 9.10. The molecule has 13 heavy (non-hydrogen) atoms. The minimum atomic E-state index is 0.0532. The second-order valence-electron chi connectivity index (χ2n) is 3.19. The van der Waals surface area contributed by atoms with Crippen molar-refractivity contribution in [2.24, 2.45) is 0 Å². The van der Waals surface area contributed by atoms with E-state index in [-0.39, 0.29) is 11.8 Å². The minimum Gasteiger partial charge on any atom is -0.356 e. The third-order valence-electron chi connectivity index (χ3n) is 2.30. The second kappa shape index (κ2) is 3.50. The lowest BCUT2D eigenvalue weighted by Gasteiger charge is -2.06. The van der Waals surface area contributed by atoms with E-state index in [1.807, 2.05) is 24.3 Å². The van der Waals surface area contributed by atoms with Gasteiger partial charge >= 0.3 is 0 Å². The molecule has 68 valence electrons. The van der Waals surface area contributed by atoms with Gasteiger partial charge in [0.05, 0.1) is 5.92 Å². The SMILES string of the molecule is O=C1NCC[C@@H]1c1cccc(Br)c1. The zero-order chi connectivity index (χ0) is 9.26. The van der Waals surface area contributed by atoms with E-state index in [0.29, 0.717) is 0 Å². The van der Waals surface area contributed by atoms with E-state index in [1.165, 1.54) is 0 Å². The van der Waals surface area contributed by atoms with E-state index in [0.717, 1.165) is 23.0 Å². The van der Waals surface area contributed by atoms with Gasteiger partial charge in [-0.1, -0.05) is 28.1 Å². The summed E-state index contributed by atoms with van der Waals surface area (Å²) in [6.45, 7) is 0.802.